The Bertz CT molecular complexity index is 1590. The van der Waals surface area contributed by atoms with Gasteiger partial charge in [0.2, 0.25) is 0 Å². The quantitative estimate of drug-likeness (QED) is 0.112. The number of benzene rings is 4. The van der Waals surface area contributed by atoms with E-state index in [0.29, 0.717) is 22.3 Å². The van der Waals surface area contributed by atoms with Crippen LogP contribution in [0.2, 0.25) is 0 Å². The largest absolute Gasteiger partial charge is 0.507 e. The molecule has 0 heterocycles. The van der Waals surface area contributed by atoms with E-state index in [4.69, 9.17) is 0 Å². The normalized spacial score (nSPS) is 10.6. The predicted molar refractivity (Wildman–Crippen MR) is 179 cm³/mol. The van der Waals surface area contributed by atoms with E-state index in [-0.39, 0.29) is 29.0 Å². The first-order chi connectivity index (χ1) is 22.7. The molecule has 0 saturated carbocycles. The van der Waals surface area contributed by atoms with Gasteiger partial charge in [0, 0.05) is 11.1 Å². The van der Waals surface area contributed by atoms with Crippen LogP contribution in [0.1, 0.15) is 103 Å². The van der Waals surface area contributed by atoms with Crippen LogP contribution in [0.25, 0.3) is 0 Å². The number of phenolic OH excluding ortho intramolecular Hbond substituents is 2. The molecule has 0 aliphatic heterocycles. The topological polar surface area (TPSA) is 157 Å². The van der Waals surface area contributed by atoms with Crippen molar-refractivity contribution in [3.05, 3.63) is 129 Å². The molecular weight excluding hydrogens is 596 g/mol. The van der Waals surface area contributed by atoms with Crippen molar-refractivity contribution in [2.24, 2.45) is 0 Å². The van der Waals surface area contributed by atoms with Crippen LogP contribution in [0.15, 0.2) is 84.9 Å². The number of carbonyl (C=O) groups excluding carboxylic acids is 4. The summed E-state index contributed by atoms with van der Waals surface area (Å²) in [4.78, 5) is 50.8. The molecule has 0 saturated heterocycles. The number of hydrogen-bond acceptors (Lipinski definition) is 6. The van der Waals surface area contributed by atoms with Gasteiger partial charge in [0.15, 0.2) is 0 Å². The first kappa shape index (κ1) is 34.2. The summed E-state index contributed by atoms with van der Waals surface area (Å²) in [6.07, 6.45) is 6.36. The fraction of sp³-hybridized carbons (Fsp3) is 0.243. The van der Waals surface area contributed by atoms with Gasteiger partial charge in [-0.2, -0.15) is 0 Å². The van der Waals surface area contributed by atoms with Crippen LogP contribution >= 0.6 is 0 Å². The van der Waals surface area contributed by atoms with E-state index in [9.17, 15) is 29.4 Å². The maximum Gasteiger partial charge on any atom is 0.273 e. The smallest absolute Gasteiger partial charge is 0.273 e. The molecule has 0 aliphatic rings. The molecule has 10 nitrogen and oxygen atoms in total. The number of phenols is 2. The Morgan fingerprint density at radius 2 is 0.830 bits per heavy atom. The highest BCUT2D eigenvalue weighted by molar-refractivity contribution is 6.01. The number of hydrogen-bond donors (Lipinski definition) is 6. The Morgan fingerprint density at radius 1 is 0.489 bits per heavy atom. The molecule has 0 radical (unpaired) electrons. The second-order valence-electron chi connectivity index (χ2n) is 11.3. The minimum absolute atomic E-state index is 0.0597. The molecule has 47 heavy (non-hydrogen) atoms. The van der Waals surface area contributed by atoms with Crippen molar-refractivity contribution in [3.63, 3.8) is 0 Å². The molecule has 244 valence electrons. The SMILES string of the molecule is CCCCc1ccc(C(=O)NNC(=O)c2cc(Cc3ccc(O)c(C(=O)NNC(=O)c4ccc(CCCC)cc4)c3)ccc2O)cc1. The van der Waals surface area contributed by atoms with Crippen molar-refractivity contribution >= 4 is 23.6 Å². The third-order valence-electron chi connectivity index (χ3n) is 7.67. The second kappa shape index (κ2) is 16.6. The zero-order valence-corrected chi connectivity index (χ0v) is 26.6. The molecule has 4 rings (SSSR count). The van der Waals surface area contributed by atoms with Crippen LogP contribution in [-0.2, 0) is 19.3 Å². The van der Waals surface area contributed by atoms with Gasteiger partial charge >= 0.3 is 0 Å². The maximum absolute atomic E-state index is 12.8. The van der Waals surface area contributed by atoms with Gasteiger partial charge in [-0.05, 0) is 103 Å². The molecule has 6 N–H and O–H groups in total. The van der Waals surface area contributed by atoms with Gasteiger partial charge in [-0.25, -0.2) is 0 Å². The Kier molecular flexibility index (Phi) is 12.1. The lowest BCUT2D eigenvalue weighted by molar-refractivity contribution is 0.0845. The van der Waals surface area contributed by atoms with E-state index in [1.807, 2.05) is 24.3 Å². The molecule has 0 atom stereocenters. The molecular formula is C37H40N4O6. The van der Waals surface area contributed by atoms with E-state index in [1.54, 1.807) is 36.4 Å². The monoisotopic (exact) mass is 636 g/mol. The minimum atomic E-state index is -0.714. The third kappa shape index (κ3) is 9.67. The fourth-order valence-corrected chi connectivity index (χ4v) is 4.90. The fourth-order valence-electron chi connectivity index (χ4n) is 4.90. The van der Waals surface area contributed by atoms with Gasteiger partial charge in [-0.15, -0.1) is 0 Å². The molecule has 0 aliphatic carbocycles. The lowest BCUT2D eigenvalue weighted by atomic mass is 10.00. The standard InChI is InChI=1S/C37H40N4O6/c1-3-5-7-24-9-15-28(16-10-24)34(44)38-40-36(46)30-22-26(13-19-32(30)42)21-27-14-20-33(43)31(23-27)37(47)41-39-35(45)29-17-11-25(12-18-29)8-6-4-2/h9-20,22-23,42-43H,3-8,21H2,1-2H3,(H,38,44)(H,39,45)(H,40,46)(H,41,47). The molecule has 0 bridgehead atoms. The highest BCUT2D eigenvalue weighted by Gasteiger charge is 2.17. The molecule has 4 amide bonds. The number of unbranched alkanes of at least 4 members (excludes halogenated alkanes) is 2. The van der Waals surface area contributed by atoms with E-state index in [0.717, 1.165) is 49.7 Å². The van der Waals surface area contributed by atoms with Gasteiger partial charge in [0.05, 0.1) is 11.1 Å². The molecule has 0 fully saturated rings. The third-order valence-corrected chi connectivity index (χ3v) is 7.67. The van der Waals surface area contributed by atoms with Crippen molar-refractivity contribution in [2.75, 3.05) is 0 Å². The Hall–Kier alpha value is -5.64. The van der Waals surface area contributed by atoms with Gasteiger partial charge in [-0.3, -0.25) is 40.9 Å². The van der Waals surface area contributed by atoms with Crippen LogP contribution in [0.5, 0.6) is 11.5 Å². The summed E-state index contributed by atoms with van der Waals surface area (Å²) in [6.45, 7) is 4.23. The summed E-state index contributed by atoms with van der Waals surface area (Å²) >= 11 is 0. The summed E-state index contributed by atoms with van der Waals surface area (Å²) in [6, 6.07) is 23.2. The first-order valence-corrected chi connectivity index (χ1v) is 15.7. The minimum Gasteiger partial charge on any atom is -0.507 e. The first-order valence-electron chi connectivity index (χ1n) is 15.7. The van der Waals surface area contributed by atoms with Crippen molar-refractivity contribution in [3.8, 4) is 11.5 Å². The van der Waals surface area contributed by atoms with Gasteiger partial charge in [0.25, 0.3) is 23.6 Å². The van der Waals surface area contributed by atoms with E-state index < -0.39 is 23.6 Å². The number of carbonyl (C=O) groups is 4. The summed E-state index contributed by atoms with van der Waals surface area (Å²) in [7, 11) is 0. The van der Waals surface area contributed by atoms with Crippen molar-refractivity contribution in [2.45, 2.75) is 58.8 Å². The number of amides is 4. The van der Waals surface area contributed by atoms with Gasteiger partial charge < -0.3 is 10.2 Å². The summed E-state index contributed by atoms with van der Waals surface area (Å²) in [5, 5.41) is 20.7. The van der Waals surface area contributed by atoms with E-state index in [1.165, 1.54) is 24.3 Å². The second-order valence-corrected chi connectivity index (χ2v) is 11.3. The van der Waals surface area contributed by atoms with Crippen LogP contribution in [0.3, 0.4) is 0 Å². The Labute approximate surface area is 274 Å². The van der Waals surface area contributed by atoms with Gasteiger partial charge in [-0.1, -0.05) is 63.1 Å². The highest BCUT2D eigenvalue weighted by Crippen LogP contribution is 2.23. The van der Waals surface area contributed by atoms with E-state index in [2.05, 4.69) is 35.6 Å². The molecule has 0 unspecified atom stereocenters. The van der Waals surface area contributed by atoms with Crippen LogP contribution in [0, 0.1) is 0 Å². The van der Waals surface area contributed by atoms with Crippen LogP contribution < -0.4 is 21.7 Å². The number of nitrogens with one attached hydrogen (secondary N) is 4. The molecule has 4 aromatic rings. The molecule has 4 aromatic carbocycles. The molecule has 0 spiro atoms. The van der Waals surface area contributed by atoms with Crippen molar-refractivity contribution in [1.82, 2.24) is 21.7 Å². The number of aromatic hydroxyl groups is 2. The molecule has 10 heteroatoms. The Morgan fingerprint density at radius 3 is 1.19 bits per heavy atom. The van der Waals surface area contributed by atoms with Crippen molar-refractivity contribution < 1.29 is 29.4 Å². The van der Waals surface area contributed by atoms with Crippen molar-refractivity contribution in [1.29, 1.82) is 0 Å². The summed E-state index contributed by atoms with van der Waals surface area (Å²) < 4.78 is 0. The highest BCUT2D eigenvalue weighted by atomic mass is 16.3. The lowest BCUT2D eigenvalue weighted by Gasteiger charge is -2.12. The Balaban J connectivity index is 1.35. The number of aryl methyl sites for hydroxylation is 2. The molecule has 0 aromatic heterocycles. The number of hydrazine groups is 2. The van der Waals surface area contributed by atoms with Crippen LogP contribution in [0.4, 0.5) is 0 Å². The zero-order chi connectivity index (χ0) is 33.8. The average molecular weight is 637 g/mol. The summed E-state index contributed by atoms with van der Waals surface area (Å²) in [5.74, 6) is -2.98. The maximum atomic E-state index is 12.8. The lowest BCUT2D eigenvalue weighted by Crippen LogP contribution is -2.41. The zero-order valence-electron chi connectivity index (χ0n) is 26.6. The summed E-state index contributed by atoms with van der Waals surface area (Å²) in [5.41, 5.74) is 13.5. The van der Waals surface area contributed by atoms with Crippen LogP contribution in [-0.4, -0.2) is 33.8 Å². The average Bonchev–Trinajstić information content (AvgIpc) is 3.09. The predicted octanol–water partition coefficient (Wildman–Crippen LogP) is 5.52. The number of rotatable bonds is 12. The van der Waals surface area contributed by atoms with E-state index >= 15 is 0 Å². The van der Waals surface area contributed by atoms with Gasteiger partial charge in [0.1, 0.15) is 11.5 Å².